The van der Waals surface area contributed by atoms with Crippen molar-refractivity contribution in [1.29, 1.82) is 0 Å². The standard InChI is InChI=1S/C47H60N19O28P5/c48-31-1-4-62(45(68)59-31)35-8-22(27(87-35)12-81-95(71)72)91-97(75,76)83-14-28-23(9-36(88-28)63-5-2-32(49)60-46(63)69)92-98(77,78)84-15-29-24(10-37(89-29)64-6-3-33(50)61-47(64)70)93-99(79,80)85-16-30-25(11-38(90-30)66-20-58-40-42(52)54-18-56-44(40)66)94-96(73,74)82-13-26-21(67)7-34(86-26)65-19-57-39-41(51)53-17-55-43(39)65/h1-6,17-30,34-38,67H,7-16H2,(H14-,48,49,50,51,52,53,54,55,56,59,60,61,68,69,70,71,72,73,74,75,76,77,78,79,80)/p+1/t21-,22-,23-,24-,25-,26+,27+,28+,29+,30+,34+,35+,36+,37+,38+/m0/s1. The molecule has 0 radical (unpaired) electrons. The summed E-state index contributed by atoms with van der Waals surface area (Å²) in [6, 6.07) is 3.68. The third-order valence-electron chi connectivity index (χ3n) is 15.8. The maximum absolute atomic E-state index is 14.2. The van der Waals surface area contributed by atoms with Crippen molar-refractivity contribution < 1.29 is 117 Å². The van der Waals surface area contributed by atoms with Gasteiger partial charge in [-0.1, -0.05) is 0 Å². The highest BCUT2D eigenvalue weighted by Gasteiger charge is 2.50. The number of nitrogens with zero attached hydrogens (tertiary/aromatic N) is 14. The van der Waals surface area contributed by atoms with Crippen molar-refractivity contribution >= 4 is 91.0 Å². The lowest BCUT2D eigenvalue weighted by Crippen LogP contribution is -2.32. The highest BCUT2D eigenvalue weighted by atomic mass is 31.2. The fourth-order valence-electron chi connectivity index (χ4n) is 11.3. The number of anilines is 5. The van der Waals surface area contributed by atoms with Gasteiger partial charge in [0.25, 0.3) is 0 Å². The van der Waals surface area contributed by atoms with Gasteiger partial charge in [-0.25, -0.2) is 62.5 Å². The zero-order valence-electron chi connectivity index (χ0n) is 50.6. The second-order valence-electron chi connectivity index (χ2n) is 22.4. The second-order valence-corrected chi connectivity index (χ2v) is 28.7. The molecule has 0 amide bonds. The largest absolute Gasteiger partial charge is 0.694 e. The van der Waals surface area contributed by atoms with Gasteiger partial charge in [0, 0.05) is 55.3 Å². The molecule has 5 aliphatic heterocycles. The molecule has 0 spiro atoms. The normalized spacial score (nSPS) is 29.8. The van der Waals surface area contributed by atoms with Gasteiger partial charge in [0.2, 0.25) is 0 Å². The summed E-state index contributed by atoms with van der Waals surface area (Å²) in [5, 5.41) is 11.0. The predicted octanol–water partition coefficient (Wildman–Crippen LogP) is -1.18. The van der Waals surface area contributed by atoms with E-state index in [1.807, 2.05) is 0 Å². The molecule has 5 unspecified atom stereocenters. The van der Waals surface area contributed by atoms with Crippen molar-refractivity contribution in [2.24, 2.45) is 0 Å². The molecule has 0 aromatic carbocycles. The number of phosphoric ester groups is 4. The molecule has 12 rings (SSSR count). The van der Waals surface area contributed by atoms with Gasteiger partial charge in [-0.05, 0) is 18.2 Å². The quantitative estimate of drug-likeness (QED) is 0.0257. The van der Waals surface area contributed by atoms with Gasteiger partial charge in [-0.3, -0.25) is 59.0 Å². The van der Waals surface area contributed by atoms with Gasteiger partial charge in [-0.15, -0.1) is 9.42 Å². The number of fused-ring (bicyclic) bond motifs is 2. The number of hydrogen-bond acceptors (Lipinski definition) is 37. The SMILES string of the molecule is Nc1ccn([C@H]2C[C@H](OP(=O)(O)OC[C@H]3O[C@@H](n4ccc(N)nc4=O)C[C@@H]3OP(=O)(O)OC[C@H]3O[C@@H](n4ccc(N)nc4=O)C[C@@H]3OP(=O)(O)OC[C@H]3O[C@@H](n4cnc5c(N)ncnc54)C[C@@H]3OP(=O)(O)OC[C@H]3O[C@@H](n4cnc5c(N)ncnc54)C[C@@H]3O)[C@@H](CO[P+](=O)O)O2)c(=O)n1. The van der Waals surface area contributed by atoms with Gasteiger partial charge < -0.3 is 77.0 Å². The van der Waals surface area contributed by atoms with Crippen LogP contribution in [0.5, 0.6) is 0 Å². The van der Waals surface area contributed by atoms with Gasteiger partial charge in [-0.2, -0.15) is 15.0 Å². The molecule has 12 heterocycles. The average molecular weight is 1490 g/mol. The van der Waals surface area contributed by atoms with Crippen LogP contribution in [0.15, 0.2) is 76.5 Å². The second kappa shape index (κ2) is 29.1. The Labute approximate surface area is 553 Å². The first-order valence-electron chi connectivity index (χ1n) is 29.2. The summed E-state index contributed by atoms with van der Waals surface area (Å²) < 4.78 is 151. The molecular weight excluding hydrogens is 1430 g/mol. The van der Waals surface area contributed by atoms with Gasteiger partial charge >= 0.3 is 56.6 Å². The van der Waals surface area contributed by atoms with Crippen LogP contribution in [0.1, 0.15) is 63.2 Å². The minimum Gasteiger partial charge on any atom is -0.390 e. The van der Waals surface area contributed by atoms with E-state index in [-0.39, 0.29) is 70.7 Å². The Morgan fingerprint density at radius 1 is 0.455 bits per heavy atom. The lowest BCUT2D eigenvalue weighted by molar-refractivity contribution is -0.0641. The first kappa shape index (κ1) is 71.8. The zero-order valence-corrected chi connectivity index (χ0v) is 55.0. The summed E-state index contributed by atoms with van der Waals surface area (Å²) in [5.74, 6) is -0.471. The fraction of sp³-hybridized carbons (Fsp3) is 0.532. The summed E-state index contributed by atoms with van der Waals surface area (Å²) in [5.41, 5.74) is 26.9. The van der Waals surface area contributed by atoms with Crippen molar-refractivity contribution in [3.05, 3.63) is 93.6 Å². The Bertz CT molecular complexity index is 4540. The number of aliphatic hydroxyl groups is 1. The summed E-state index contributed by atoms with van der Waals surface area (Å²) in [7, 11) is -24.8. The van der Waals surface area contributed by atoms with Crippen molar-refractivity contribution in [2.45, 2.75) is 124 Å². The van der Waals surface area contributed by atoms with E-state index in [1.54, 1.807) is 0 Å². The van der Waals surface area contributed by atoms with Gasteiger partial charge in [0.05, 0.1) is 45.2 Å². The molecule has 7 aromatic heterocycles. The Kier molecular flexibility index (Phi) is 21.1. The van der Waals surface area contributed by atoms with Crippen LogP contribution in [-0.2, 0) is 87.2 Å². The highest BCUT2D eigenvalue weighted by Crippen LogP contribution is 2.55. The molecule has 52 heteroatoms. The summed E-state index contributed by atoms with van der Waals surface area (Å²) in [4.78, 5) is 129. The lowest BCUT2D eigenvalue weighted by Gasteiger charge is -2.25. The summed E-state index contributed by atoms with van der Waals surface area (Å²) in [6.07, 6.45) is -14.6. The van der Waals surface area contributed by atoms with Crippen LogP contribution in [0.2, 0.25) is 0 Å². The smallest absolute Gasteiger partial charge is 0.390 e. The van der Waals surface area contributed by atoms with E-state index < -0.39 is 195 Å². The maximum atomic E-state index is 14.2. The zero-order chi connectivity index (χ0) is 70.5. The molecule has 0 aliphatic carbocycles. The molecule has 20 atom stereocenters. The third kappa shape index (κ3) is 16.8. The Morgan fingerprint density at radius 3 is 1.09 bits per heavy atom. The fourth-order valence-corrected chi connectivity index (χ4v) is 15.4. The number of imidazole rings is 2. The number of ether oxygens (including phenoxy) is 5. The maximum Gasteiger partial charge on any atom is 0.694 e. The van der Waals surface area contributed by atoms with Crippen molar-refractivity contribution in [3.8, 4) is 0 Å². The molecule has 536 valence electrons. The topological polar surface area (TPSA) is 658 Å². The molecule has 47 nitrogen and oxygen atoms in total. The average Bonchev–Trinajstić information content (AvgIpc) is 1.65. The van der Waals surface area contributed by atoms with E-state index in [1.165, 1.54) is 52.5 Å². The van der Waals surface area contributed by atoms with Crippen LogP contribution < -0.4 is 45.7 Å². The van der Waals surface area contributed by atoms with E-state index in [9.17, 15) is 66.8 Å². The number of nitrogen functional groups attached to an aromatic ring is 5. The summed E-state index contributed by atoms with van der Waals surface area (Å²) >= 11 is 0. The van der Waals surface area contributed by atoms with Crippen LogP contribution in [0.4, 0.5) is 29.1 Å². The van der Waals surface area contributed by atoms with E-state index >= 15 is 0 Å². The molecule has 5 saturated heterocycles. The molecule has 5 aliphatic rings. The van der Waals surface area contributed by atoms with Crippen LogP contribution in [-0.4, -0.2) is 191 Å². The Hall–Kier alpha value is -7.04. The Morgan fingerprint density at radius 2 is 0.758 bits per heavy atom. The van der Waals surface area contributed by atoms with Crippen molar-refractivity contribution in [1.82, 2.24) is 67.7 Å². The number of aromatic nitrogens is 14. The monoisotopic (exact) mass is 1490 g/mol. The van der Waals surface area contributed by atoms with E-state index in [0.29, 0.717) is 0 Å². The number of hydrogen-bond donors (Lipinski definition) is 11. The number of phosphoric acid groups is 4. The van der Waals surface area contributed by atoms with Gasteiger partial charge in [0.15, 0.2) is 22.9 Å². The predicted molar refractivity (Wildman–Crippen MR) is 325 cm³/mol. The molecule has 7 aromatic rings. The summed E-state index contributed by atoms with van der Waals surface area (Å²) in [6.45, 7) is -4.47. The number of aliphatic hydroxyl groups excluding tert-OH is 1. The minimum atomic E-state index is -5.51. The van der Waals surface area contributed by atoms with Crippen LogP contribution in [0, 0.1) is 0 Å². The third-order valence-corrected chi connectivity index (χ3v) is 20.3. The highest BCUT2D eigenvalue weighted by molar-refractivity contribution is 7.48. The lowest BCUT2D eigenvalue weighted by atomic mass is 10.2. The Balaban J connectivity index is 0.726. The number of nitrogens with two attached hydrogens (primary N) is 5. The molecular formula is C47H61N19O28P5+. The van der Waals surface area contributed by atoms with Crippen LogP contribution >= 0.6 is 39.5 Å². The van der Waals surface area contributed by atoms with E-state index in [0.717, 1.165) is 32.4 Å². The number of rotatable bonds is 28. The molecule has 0 bridgehead atoms. The van der Waals surface area contributed by atoms with Crippen molar-refractivity contribution in [2.75, 3.05) is 61.7 Å². The van der Waals surface area contributed by atoms with E-state index in [4.69, 9.17) is 93.1 Å². The van der Waals surface area contributed by atoms with E-state index in [2.05, 4.69) is 44.9 Å². The molecule has 0 saturated carbocycles. The van der Waals surface area contributed by atoms with Crippen molar-refractivity contribution in [3.63, 3.8) is 0 Å². The van der Waals surface area contributed by atoms with Crippen LogP contribution in [0.25, 0.3) is 22.3 Å². The minimum absolute atomic E-state index is 0.0155. The molecule has 16 N–H and O–H groups in total. The van der Waals surface area contributed by atoms with Gasteiger partial charge in [0.1, 0.15) is 134 Å². The van der Waals surface area contributed by atoms with Crippen LogP contribution in [0.3, 0.4) is 0 Å². The molecule has 99 heavy (non-hydrogen) atoms. The first-order valence-corrected chi connectivity index (χ1v) is 36.3. The first-order chi connectivity index (χ1) is 46.9. The molecule has 5 fully saturated rings.